The molecule has 0 radical (unpaired) electrons. The van der Waals surface area contributed by atoms with Crippen LogP contribution in [-0.2, 0) is 6.54 Å². The van der Waals surface area contributed by atoms with E-state index < -0.39 is 6.10 Å². The lowest BCUT2D eigenvalue weighted by Crippen LogP contribution is -2.39. The number of benzene rings is 1. The monoisotopic (exact) mass is 293 g/mol. The maximum atomic E-state index is 10.4. The van der Waals surface area contributed by atoms with Crippen molar-refractivity contribution < 1.29 is 10.2 Å². The number of hydrogen-bond acceptors (Lipinski definition) is 5. The summed E-state index contributed by atoms with van der Waals surface area (Å²) in [5.74, 6) is 0. The van der Waals surface area contributed by atoms with Crippen molar-refractivity contribution in [2.75, 3.05) is 33.7 Å². The molecule has 1 fully saturated rings. The molecule has 5 heteroatoms. The molecule has 0 saturated carbocycles. The molecule has 3 unspecified atom stereocenters. The molecular weight excluding hydrogens is 266 g/mol. The van der Waals surface area contributed by atoms with Crippen LogP contribution < -0.4 is 5.73 Å². The van der Waals surface area contributed by atoms with E-state index in [1.54, 1.807) is 0 Å². The van der Waals surface area contributed by atoms with Gasteiger partial charge in [0.25, 0.3) is 0 Å². The second kappa shape index (κ2) is 7.33. The molecule has 3 atom stereocenters. The molecule has 1 aliphatic rings. The van der Waals surface area contributed by atoms with Crippen molar-refractivity contribution in [3.63, 3.8) is 0 Å². The van der Waals surface area contributed by atoms with Crippen LogP contribution in [0.2, 0.25) is 0 Å². The number of nitrogens with zero attached hydrogens (tertiary/aromatic N) is 2. The Morgan fingerprint density at radius 3 is 2.57 bits per heavy atom. The van der Waals surface area contributed by atoms with Crippen molar-refractivity contribution in [3.05, 3.63) is 35.4 Å². The summed E-state index contributed by atoms with van der Waals surface area (Å²) in [5, 5.41) is 20.3. The van der Waals surface area contributed by atoms with E-state index in [2.05, 4.69) is 9.80 Å². The first-order valence-corrected chi connectivity index (χ1v) is 7.53. The van der Waals surface area contributed by atoms with Gasteiger partial charge < -0.3 is 20.8 Å². The molecule has 0 spiro atoms. The number of aliphatic hydroxyl groups is 2. The Balaban J connectivity index is 1.97. The first-order chi connectivity index (χ1) is 9.99. The van der Waals surface area contributed by atoms with Gasteiger partial charge in [-0.05, 0) is 31.6 Å². The van der Waals surface area contributed by atoms with E-state index in [4.69, 9.17) is 5.73 Å². The fourth-order valence-corrected chi connectivity index (χ4v) is 3.00. The quantitative estimate of drug-likeness (QED) is 0.697. The molecule has 1 aromatic rings. The van der Waals surface area contributed by atoms with Gasteiger partial charge in [0, 0.05) is 32.2 Å². The Labute approximate surface area is 127 Å². The number of nitrogens with two attached hydrogens (primary N) is 1. The summed E-state index contributed by atoms with van der Waals surface area (Å²) >= 11 is 0. The van der Waals surface area contributed by atoms with Gasteiger partial charge in [0.15, 0.2) is 0 Å². The highest BCUT2D eigenvalue weighted by molar-refractivity contribution is 5.24. The number of aliphatic hydroxyl groups excluding tert-OH is 2. The van der Waals surface area contributed by atoms with E-state index in [-0.39, 0.29) is 6.10 Å². The predicted octanol–water partition coefficient (Wildman–Crippen LogP) is 0.176. The highest BCUT2D eigenvalue weighted by Gasteiger charge is 2.32. The van der Waals surface area contributed by atoms with Crippen molar-refractivity contribution >= 4 is 0 Å². The molecule has 21 heavy (non-hydrogen) atoms. The summed E-state index contributed by atoms with van der Waals surface area (Å²) in [7, 11) is 4.07. The Morgan fingerprint density at radius 1 is 1.33 bits per heavy atom. The topological polar surface area (TPSA) is 73.0 Å². The van der Waals surface area contributed by atoms with Crippen LogP contribution in [0.1, 0.15) is 23.7 Å². The second-order valence-electron chi connectivity index (χ2n) is 6.22. The summed E-state index contributed by atoms with van der Waals surface area (Å²) in [4.78, 5) is 4.31. The molecule has 5 nitrogen and oxygen atoms in total. The fourth-order valence-electron chi connectivity index (χ4n) is 3.00. The van der Waals surface area contributed by atoms with Crippen molar-refractivity contribution in [1.82, 2.24) is 9.80 Å². The van der Waals surface area contributed by atoms with Gasteiger partial charge in [0.1, 0.15) is 0 Å². The highest BCUT2D eigenvalue weighted by atomic mass is 16.3. The lowest BCUT2D eigenvalue weighted by atomic mass is 10.1. The Hall–Kier alpha value is -0.980. The third kappa shape index (κ3) is 4.49. The van der Waals surface area contributed by atoms with E-state index in [0.29, 0.717) is 25.7 Å². The maximum Gasteiger partial charge on any atom is 0.0917 e. The summed E-state index contributed by atoms with van der Waals surface area (Å²) < 4.78 is 0. The van der Waals surface area contributed by atoms with Crippen molar-refractivity contribution in [3.8, 4) is 0 Å². The van der Waals surface area contributed by atoms with E-state index >= 15 is 0 Å². The van der Waals surface area contributed by atoms with Gasteiger partial charge >= 0.3 is 0 Å². The molecule has 1 heterocycles. The molecule has 4 N–H and O–H groups in total. The summed E-state index contributed by atoms with van der Waals surface area (Å²) in [6.07, 6.45) is -0.0506. The zero-order valence-electron chi connectivity index (χ0n) is 12.9. The molecule has 0 aromatic heterocycles. The Morgan fingerprint density at radius 2 is 2.00 bits per heavy atom. The van der Waals surface area contributed by atoms with Crippen LogP contribution in [-0.4, -0.2) is 65.9 Å². The van der Waals surface area contributed by atoms with E-state index in [9.17, 15) is 10.2 Å². The molecule has 118 valence electrons. The minimum absolute atomic E-state index is 0.290. The summed E-state index contributed by atoms with van der Waals surface area (Å²) in [6.45, 7) is 2.60. The Kier molecular flexibility index (Phi) is 5.72. The molecule has 0 aliphatic carbocycles. The molecule has 1 aliphatic heterocycles. The van der Waals surface area contributed by atoms with Crippen LogP contribution in [0.4, 0.5) is 0 Å². The largest absolute Gasteiger partial charge is 0.392 e. The fraction of sp³-hybridized carbons (Fsp3) is 0.625. The van der Waals surface area contributed by atoms with Crippen molar-refractivity contribution in [1.29, 1.82) is 0 Å². The number of likely N-dealkylation sites (N-methyl/N-ethyl adjacent to an activating group) is 1. The van der Waals surface area contributed by atoms with Crippen molar-refractivity contribution in [2.24, 2.45) is 5.73 Å². The van der Waals surface area contributed by atoms with Gasteiger partial charge in [0.05, 0.1) is 12.2 Å². The molecule has 1 aromatic carbocycles. The van der Waals surface area contributed by atoms with Gasteiger partial charge in [-0.2, -0.15) is 0 Å². The zero-order valence-corrected chi connectivity index (χ0v) is 12.9. The van der Waals surface area contributed by atoms with Gasteiger partial charge in [-0.15, -0.1) is 0 Å². The third-order valence-electron chi connectivity index (χ3n) is 4.09. The van der Waals surface area contributed by atoms with Crippen LogP contribution in [0.3, 0.4) is 0 Å². The van der Waals surface area contributed by atoms with Crippen LogP contribution in [0.5, 0.6) is 0 Å². The average molecular weight is 293 g/mol. The van der Waals surface area contributed by atoms with Gasteiger partial charge in [-0.3, -0.25) is 4.90 Å². The lowest BCUT2D eigenvalue weighted by molar-refractivity contribution is 0.0924. The smallest absolute Gasteiger partial charge is 0.0917 e. The third-order valence-corrected chi connectivity index (χ3v) is 4.09. The van der Waals surface area contributed by atoms with Crippen LogP contribution in [0.15, 0.2) is 24.3 Å². The number of β-amino-alcohol motifs (C(OH)–C–C–N with tert-alkyl or cyclic N) is 2. The standard InChI is InChI=1S/C16H27N3O2/c1-18(2)9-14-7-15(20)10-19(14)11-16(21)13-5-3-12(8-17)4-6-13/h3-6,14-16,20-21H,7-11,17H2,1-2H3. The van der Waals surface area contributed by atoms with Crippen LogP contribution in [0.25, 0.3) is 0 Å². The van der Waals surface area contributed by atoms with Crippen LogP contribution in [0, 0.1) is 0 Å². The van der Waals surface area contributed by atoms with Gasteiger partial charge in [-0.1, -0.05) is 24.3 Å². The number of hydrogen-bond donors (Lipinski definition) is 3. The average Bonchev–Trinajstić information content (AvgIpc) is 2.77. The zero-order chi connectivity index (χ0) is 15.4. The second-order valence-corrected chi connectivity index (χ2v) is 6.22. The molecular formula is C16H27N3O2. The summed E-state index contributed by atoms with van der Waals surface area (Å²) in [6, 6.07) is 8.07. The van der Waals surface area contributed by atoms with Crippen LogP contribution >= 0.6 is 0 Å². The first kappa shape index (κ1) is 16.4. The SMILES string of the molecule is CN(C)CC1CC(O)CN1CC(O)c1ccc(CN)cc1. The van der Waals surface area contributed by atoms with E-state index in [1.807, 2.05) is 38.4 Å². The van der Waals surface area contributed by atoms with Gasteiger partial charge in [0.2, 0.25) is 0 Å². The molecule has 0 amide bonds. The van der Waals surface area contributed by atoms with Gasteiger partial charge in [-0.25, -0.2) is 0 Å². The van der Waals surface area contributed by atoms with E-state index in [0.717, 1.165) is 24.1 Å². The van der Waals surface area contributed by atoms with Crippen molar-refractivity contribution in [2.45, 2.75) is 31.2 Å². The minimum atomic E-state index is -0.535. The molecule has 2 rings (SSSR count). The maximum absolute atomic E-state index is 10.4. The molecule has 1 saturated heterocycles. The minimum Gasteiger partial charge on any atom is -0.392 e. The first-order valence-electron chi connectivity index (χ1n) is 7.53. The normalized spacial score (nSPS) is 24.7. The summed E-state index contributed by atoms with van der Waals surface area (Å²) in [5.41, 5.74) is 7.55. The van der Waals surface area contributed by atoms with E-state index in [1.165, 1.54) is 0 Å². The highest BCUT2D eigenvalue weighted by Crippen LogP contribution is 2.23. The Bertz CT molecular complexity index is 436. The number of rotatable bonds is 6. The number of likely N-dealkylation sites (tertiary alicyclic amines) is 1. The molecule has 0 bridgehead atoms. The lowest BCUT2D eigenvalue weighted by Gasteiger charge is -2.28. The predicted molar refractivity (Wildman–Crippen MR) is 83.8 cm³/mol.